The molecule has 0 aromatic carbocycles. The van der Waals surface area contributed by atoms with Gasteiger partial charge in [-0.3, -0.25) is 24.0 Å². The van der Waals surface area contributed by atoms with Crippen molar-refractivity contribution in [3.05, 3.63) is 18.2 Å². The summed E-state index contributed by atoms with van der Waals surface area (Å²) in [6.45, 7) is 3.76. The summed E-state index contributed by atoms with van der Waals surface area (Å²) < 4.78 is 0. The molecule has 36 heavy (non-hydrogen) atoms. The van der Waals surface area contributed by atoms with Crippen LogP contribution in [0.2, 0.25) is 0 Å². The zero-order valence-electron chi connectivity index (χ0n) is 20.2. The van der Waals surface area contributed by atoms with E-state index in [1.54, 1.807) is 0 Å². The van der Waals surface area contributed by atoms with E-state index in [1.807, 2.05) is 13.8 Å². The number of nitrogens with one attached hydrogen (secondary N) is 4. The van der Waals surface area contributed by atoms with E-state index in [2.05, 4.69) is 25.9 Å². The van der Waals surface area contributed by atoms with Gasteiger partial charge in [0.2, 0.25) is 29.5 Å². The number of rotatable bonds is 16. The SMILES string of the molecule is CC(C)CC(N)C(=O)NC(Cc1cnc[nH]1)C(=O)NC(CC(N)=O)C(=O)NC(CCC(N)=O)C(=O)O. The number of carboxylic acids is 1. The minimum Gasteiger partial charge on any atom is -0.480 e. The van der Waals surface area contributed by atoms with Gasteiger partial charge in [0.15, 0.2) is 0 Å². The van der Waals surface area contributed by atoms with E-state index in [-0.39, 0.29) is 25.2 Å². The Hall–Kier alpha value is -4.01. The monoisotopic (exact) mass is 510 g/mol. The highest BCUT2D eigenvalue weighted by atomic mass is 16.4. The number of imidazole rings is 1. The maximum atomic E-state index is 13.1. The molecule has 15 heteroatoms. The van der Waals surface area contributed by atoms with Crippen molar-refractivity contribution in [1.29, 1.82) is 0 Å². The zero-order chi connectivity index (χ0) is 27.4. The third-order valence-corrected chi connectivity index (χ3v) is 5.01. The quantitative estimate of drug-likeness (QED) is 0.112. The van der Waals surface area contributed by atoms with Crippen LogP contribution < -0.4 is 33.2 Å². The van der Waals surface area contributed by atoms with E-state index in [0.717, 1.165) is 0 Å². The molecule has 1 heterocycles. The number of hydrogen-bond donors (Lipinski definition) is 8. The number of aliphatic carboxylic acids is 1. The van der Waals surface area contributed by atoms with Gasteiger partial charge in [-0.2, -0.15) is 0 Å². The summed E-state index contributed by atoms with van der Waals surface area (Å²) in [7, 11) is 0. The summed E-state index contributed by atoms with van der Waals surface area (Å²) in [6.07, 6.45) is 1.84. The topological polar surface area (TPSA) is 265 Å². The second kappa shape index (κ2) is 14.4. The van der Waals surface area contributed by atoms with Gasteiger partial charge >= 0.3 is 5.97 Å². The third-order valence-electron chi connectivity index (χ3n) is 5.01. The lowest BCUT2D eigenvalue weighted by Crippen LogP contribution is -2.58. The molecule has 0 aliphatic carbocycles. The molecule has 15 nitrogen and oxygen atoms in total. The molecule has 1 rings (SSSR count). The Morgan fingerprint density at radius 1 is 0.944 bits per heavy atom. The normalized spacial score (nSPS) is 14.2. The van der Waals surface area contributed by atoms with Gasteiger partial charge in [-0.25, -0.2) is 9.78 Å². The average Bonchev–Trinajstić information content (AvgIpc) is 3.27. The predicted octanol–water partition coefficient (Wildman–Crippen LogP) is -2.99. The van der Waals surface area contributed by atoms with E-state index < -0.39 is 66.1 Å². The summed E-state index contributed by atoms with van der Waals surface area (Å²) in [4.78, 5) is 79.0. The van der Waals surface area contributed by atoms with Crippen molar-refractivity contribution < 1.29 is 33.9 Å². The zero-order valence-corrected chi connectivity index (χ0v) is 20.2. The smallest absolute Gasteiger partial charge is 0.326 e. The molecule has 0 spiro atoms. The first kappa shape index (κ1) is 30.0. The number of carbonyl (C=O) groups excluding carboxylic acids is 5. The van der Waals surface area contributed by atoms with Gasteiger partial charge in [0.25, 0.3) is 0 Å². The molecule has 0 radical (unpaired) electrons. The number of aromatic nitrogens is 2. The number of aromatic amines is 1. The number of hydrogen-bond acceptors (Lipinski definition) is 8. The Kier molecular flexibility index (Phi) is 12.0. The molecule has 0 fully saturated rings. The van der Waals surface area contributed by atoms with Crippen molar-refractivity contribution in [2.24, 2.45) is 23.1 Å². The first-order valence-electron chi connectivity index (χ1n) is 11.2. The van der Waals surface area contributed by atoms with Crippen LogP contribution in [0.3, 0.4) is 0 Å². The highest BCUT2D eigenvalue weighted by Gasteiger charge is 2.31. The Morgan fingerprint density at radius 2 is 1.53 bits per heavy atom. The first-order valence-corrected chi connectivity index (χ1v) is 11.2. The van der Waals surface area contributed by atoms with E-state index in [4.69, 9.17) is 17.2 Å². The van der Waals surface area contributed by atoms with Crippen molar-refractivity contribution in [1.82, 2.24) is 25.9 Å². The van der Waals surface area contributed by atoms with Crippen LogP contribution in [-0.2, 0) is 35.2 Å². The van der Waals surface area contributed by atoms with Crippen molar-refractivity contribution >= 4 is 35.5 Å². The lowest BCUT2D eigenvalue weighted by Gasteiger charge is -2.24. The Balaban J connectivity index is 3.05. The second-order valence-electron chi connectivity index (χ2n) is 8.71. The Morgan fingerprint density at radius 3 is 2.03 bits per heavy atom. The van der Waals surface area contributed by atoms with Crippen LogP contribution in [0.25, 0.3) is 0 Å². The highest BCUT2D eigenvalue weighted by Crippen LogP contribution is 2.06. The van der Waals surface area contributed by atoms with Crippen molar-refractivity contribution in [3.63, 3.8) is 0 Å². The molecule has 1 aromatic heterocycles. The van der Waals surface area contributed by atoms with Crippen LogP contribution in [0.5, 0.6) is 0 Å². The van der Waals surface area contributed by atoms with Crippen molar-refractivity contribution in [2.45, 2.75) is 70.1 Å². The van der Waals surface area contributed by atoms with Gasteiger partial charge in [0, 0.05) is 24.7 Å². The molecule has 200 valence electrons. The maximum absolute atomic E-state index is 13.1. The predicted molar refractivity (Wildman–Crippen MR) is 125 cm³/mol. The summed E-state index contributed by atoms with van der Waals surface area (Å²) in [5.41, 5.74) is 16.6. The number of H-pyrrole nitrogens is 1. The van der Waals surface area contributed by atoms with E-state index >= 15 is 0 Å². The highest BCUT2D eigenvalue weighted by molar-refractivity contribution is 5.96. The molecular weight excluding hydrogens is 476 g/mol. The molecule has 0 saturated carbocycles. The fourth-order valence-corrected chi connectivity index (χ4v) is 3.22. The van der Waals surface area contributed by atoms with E-state index in [1.165, 1.54) is 12.5 Å². The van der Waals surface area contributed by atoms with E-state index in [0.29, 0.717) is 12.1 Å². The van der Waals surface area contributed by atoms with Crippen molar-refractivity contribution in [2.75, 3.05) is 0 Å². The van der Waals surface area contributed by atoms with Crippen LogP contribution in [0.4, 0.5) is 0 Å². The van der Waals surface area contributed by atoms with Crippen molar-refractivity contribution in [3.8, 4) is 0 Å². The number of amides is 5. The summed E-state index contributed by atoms with van der Waals surface area (Å²) >= 11 is 0. The Labute approximate surface area is 207 Å². The largest absolute Gasteiger partial charge is 0.480 e. The minimum atomic E-state index is -1.56. The maximum Gasteiger partial charge on any atom is 0.326 e. The minimum absolute atomic E-state index is 0.0484. The standard InChI is InChI=1S/C21H34N8O7/c1-10(2)5-12(22)18(32)28-14(6-11-8-25-9-26-11)19(33)29-15(7-17(24)31)20(34)27-13(21(35)36)3-4-16(23)30/h8-10,12-15H,3-7,22H2,1-2H3,(H2,23,30)(H2,24,31)(H,25,26)(H,27,34)(H,28,32)(H,29,33)(H,35,36). The van der Waals surface area contributed by atoms with Crippen LogP contribution in [0.15, 0.2) is 12.5 Å². The number of carbonyl (C=O) groups is 6. The van der Waals surface area contributed by atoms with Gasteiger partial charge in [-0.15, -0.1) is 0 Å². The molecule has 1 aromatic rings. The number of nitrogens with two attached hydrogens (primary N) is 3. The Bertz CT molecular complexity index is 935. The van der Waals surface area contributed by atoms with Crippen LogP contribution in [0.1, 0.15) is 45.2 Å². The molecule has 0 saturated heterocycles. The molecule has 4 atom stereocenters. The fourth-order valence-electron chi connectivity index (χ4n) is 3.22. The third kappa shape index (κ3) is 10.9. The molecule has 0 aliphatic rings. The summed E-state index contributed by atoms with van der Waals surface area (Å²) in [5, 5.41) is 16.3. The molecule has 4 unspecified atom stereocenters. The van der Waals surface area contributed by atoms with Gasteiger partial charge in [0.1, 0.15) is 18.1 Å². The van der Waals surface area contributed by atoms with E-state index in [9.17, 15) is 33.9 Å². The van der Waals surface area contributed by atoms with Crippen LogP contribution in [-0.4, -0.2) is 74.7 Å². The molecule has 5 amide bonds. The molecule has 0 bridgehead atoms. The number of carboxylic acid groups (broad SMARTS) is 1. The lowest BCUT2D eigenvalue weighted by molar-refractivity contribution is -0.142. The lowest BCUT2D eigenvalue weighted by atomic mass is 10.0. The number of nitrogens with zero attached hydrogens (tertiary/aromatic N) is 1. The van der Waals surface area contributed by atoms with Gasteiger partial charge in [0.05, 0.1) is 18.8 Å². The van der Waals surface area contributed by atoms with Gasteiger partial charge in [-0.05, 0) is 18.8 Å². The summed E-state index contributed by atoms with van der Waals surface area (Å²) in [5.74, 6) is -5.53. The van der Waals surface area contributed by atoms with Crippen LogP contribution in [0, 0.1) is 5.92 Å². The van der Waals surface area contributed by atoms with Gasteiger partial charge < -0.3 is 43.2 Å². The van der Waals surface area contributed by atoms with Crippen LogP contribution >= 0.6 is 0 Å². The first-order chi connectivity index (χ1) is 16.8. The van der Waals surface area contributed by atoms with Gasteiger partial charge in [-0.1, -0.05) is 13.8 Å². The summed E-state index contributed by atoms with van der Waals surface area (Å²) in [6, 6.07) is -5.18. The average molecular weight is 511 g/mol. The molecular formula is C21H34N8O7. The molecule has 0 aliphatic heterocycles. The second-order valence-corrected chi connectivity index (χ2v) is 8.71. The fraction of sp³-hybridized carbons (Fsp3) is 0.571. The molecule has 11 N–H and O–H groups in total. The number of primary amides is 2.